The fourth-order valence-electron chi connectivity index (χ4n) is 1.30. The number of aliphatic hydroxyl groups excluding tert-OH is 5. The minimum absolute atomic E-state index is 0.274. The van der Waals surface area contributed by atoms with Gasteiger partial charge < -0.3 is 30.8 Å². The Kier molecular flexibility index (Phi) is 9.12. The van der Waals surface area contributed by atoms with E-state index in [1.54, 1.807) is 6.92 Å². The van der Waals surface area contributed by atoms with Gasteiger partial charge in [0.2, 0.25) is 0 Å². The van der Waals surface area contributed by atoms with E-state index in [0.29, 0.717) is 12.8 Å². The van der Waals surface area contributed by atoms with Crippen molar-refractivity contribution in [3.63, 3.8) is 0 Å². The highest BCUT2D eigenvalue weighted by Gasteiger charge is 2.33. The van der Waals surface area contributed by atoms with E-state index in [9.17, 15) is 20.1 Å². The maximum atomic E-state index is 11.4. The molecule has 0 aliphatic rings. The van der Waals surface area contributed by atoms with Crippen molar-refractivity contribution in [1.29, 1.82) is 0 Å². The van der Waals surface area contributed by atoms with Crippen molar-refractivity contribution in [3.8, 4) is 11.8 Å². The first-order valence-corrected chi connectivity index (χ1v) is 5.96. The Morgan fingerprint density at radius 2 is 1.84 bits per heavy atom. The van der Waals surface area contributed by atoms with Gasteiger partial charge in [0.15, 0.2) is 6.10 Å². The molecule has 4 atom stereocenters. The molecule has 0 rings (SSSR count). The molecule has 0 aromatic rings. The van der Waals surface area contributed by atoms with Gasteiger partial charge in [0.05, 0.1) is 6.61 Å². The molecule has 0 aliphatic carbocycles. The average Bonchev–Trinajstić information content (AvgIpc) is 2.43. The molecule has 110 valence electrons. The van der Waals surface area contributed by atoms with Crippen LogP contribution in [0.25, 0.3) is 0 Å². The predicted octanol–water partition coefficient (Wildman–Crippen LogP) is -2.66. The van der Waals surface area contributed by atoms with E-state index >= 15 is 0 Å². The second-order valence-electron chi connectivity index (χ2n) is 4.00. The predicted molar refractivity (Wildman–Crippen MR) is 66.8 cm³/mol. The lowest BCUT2D eigenvalue weighted by atomic mass is 10.0. The van der Waals surface area contributed by atoms with Gasteiger partial charge in [-0.3, -0.25) is 4.79 Å². The average molecular weight is 275 g/mol. The van der Waals surface area contributed by atoms with Gasteiger partial charge in [-0.05, 0) is 13.3 Å². The van der Waals surface area contributed by atoms with Crippen LogP contribution in [-0.4, -0.2) is 69.0 Å². The van der Waals surface area contributed by atoms with E-state index in [1.165, 1.54) is 0 Å². The summed E-state index contributed by atoms with van der Waals surface area (Å²) in [7, 11) is 0. The quantitative estimate of drug-likeness (QED) is 0.212. The van der Waals surface area contributed by atoms with Crippen LogP contribution in [0.3, 0.4) is 0 Å². The molecule has 7 nitrogen and oxygen atoms in total. The van der Waals surface area contributed by atoms with Crippen LogP contribution < -0.4 is 5.32 Å². The van der Waals surface area contributed by atoms with E-state index in [0.717, 1.165) is 0 Å². The lowest BCUT2D eigenvalue weighted by molar-refractivity contribution is -0.148. The third-order valence-electron chi connectivity index (χ3n) is 2.48. The molecule has 0 aliphatic heterocycles. The Balaban J connectivity index is 4.12. The number of carbonyl (C=O) groups is 1. The Labute approximate surface area is 111 Å². The zero-order valence-corrected chi connectivity index (χ0v) is 10.8. The molecular formula is C12H21NO6. The van der Waals surface area contributed by atoms with Crippen LogP contribution in [0, 0.1) is 11.8 Å². The molecular weight excluding hydrogens is 254 g/mol. The Morgan fingerprint density at radius 1 is 1.21 bits per heavy atom. The van der Waals surface area contributed by atoms with Crippen LogP contribution >= 0.6 is 0 Å². The minimum atomic E-state index is -1.88. The van der Waals surface area contributed by atoms with Gasteiger partial charge in [-0.1, -0.05) is 0 Å². The number of carbonyl (C=O) groups excluding carboxylic acids is 1. The van der Waals surface area contributed by atoms with Crippen molar-refractivity contribution in [2.75, 3.05) is 13.2 Å². The summed E-state index contributed by atoms with van der Waals surface area (Å²) in [6.07, 6.45) is -6.00. The molecule has 0 saturated carbocycles. The Bertz CT molecular complexity index is 324. The van der Waals surface area contributed by atoms with Crippen LogP contribution in [0.5, 0.6) is 0 Å². The number of hydrogen-bond acceptors (Lipinski definition) is 6. The number of hydrogen-bond donors (Lipinski definition) is 6. The molecule has 0 saturated heterocycles. The molecule has 4 unspecified atom stereocenters. The van der Waals surface area contributed by atoms with Gasteiger partial charge in [-0.25, -0.2) is 0 Å². The van der Waals surface area contributed by atoms with Crippen LogP contribution in [0.2, 0.25) is 0 Å². The molecule has 0 aromatic heterocycles. The molecule has 0 fully saturated rings. The number of unbranched alkanes of at least 4 members (excludes halogenated alkanes) is 1. The molecule has 0 spiro atoms. The van der Waals surface area contributed by atoms with Crippen molar-refractivity contribution in [3.05, 3.63) is 0 Å². The Morgan fingerprint density at radius 3 is 2.37 bits per heavy atom. The van der Waals surface area contributed by atoms with E-state index < -0.39 is 36.9 Å². The first kappa shape index (κ1) is 17.8. The fraction of sp³-hybridized carbons (Fsp3) is 0.750. The van der Waals surface area contributed by atoms with Crippen LogP contribution in [0.15, 0.2) is 0 Å². The van der Waals surface area contributed by atoms with Crippen molar-refractivity contribution in [2.24, 2.45) is 0 Å². The second-order valence-corrected chi connectivity index (χ2v) is 4.00. The summed E-state index contributed by atoms with van der Waals surface area (Å²) >= 11 is 0. The molecule has 0 radical (unpaired) electrons. The van der Waals surface area contributed by atoms with Gasteiger partial charge >= 0.3 is 0 Å². The molecule has 0 bridgehead atoms. The smallest absolute Gasteiger partial charge is 0.251 e. The summed E-state index contributed by atoms with van der Waals surface area (Å²) in [5.41, 5.74) is 0. The molecule has 19 heavy (non-hydrogen) atoms. The van der Waals surface area contributed by atoms with E-state index in [1.807, 2.05) is 0 Å². The second kappa shape index (κ2) is 9.72. The first-order chi connectivity index (χ1) is 8.95. The monoisotopic (exact) mass is 275 g/mol. The lowest BCUT2D eigenvalue weighted by Crippen LogP contribution is -2.51. The summed E-state index contributed by atoms with van der Waals surface area (Å²) in [4.78, 5) is 11.4. The van der Waals surface area contributed by atoms with E-state index in [2.05, 4.69) is 17.2 Å². The third kappa shape index (κ3) is 6.52. The van der Waals surface area contributed by atoms with Crippen molar-refractivity contribution in [1.82, 2.24) is 5.32 Å². The third-order valence-corrected chi connectivity index (χ3v) is 2.48. The maximum absolute atomic E-state index is 11.4. The number of aliphatic hydroxyl groups is 5. The van der Waals surface area contributed by atoms with Gasteiger partial charge in [-0.2, -0.15) is 0 Å². The molecule has 6 N–H and O–H groups in total. The minimum Gasteiger partial charge on any atom is -0.394 e. The number of rotatable bonds is 8. The maximum Gasteiger partial charge on any atom is 0.251 e. The summed E-state index contributed by atoms with van der Waals surface area (Å²) in [6, 6.07) is 0. The van der Waals surface area contributed by atoms with Gasteiger partial charge in [0, 0.05) is 13.0 Å². The van der Waals surface area contributed by atoms with Crippen LogP contribution in [0.4, 0.5) is 0 Å². The van der Waals surface area contributed by atoms with Crippen molar-refractivity contribution >= 4 is 5.91 Å². The molecule has 0 aromatic carbocycles. The largest absolute Gasteiger partial charge is 0.394 e. The molecule has 7 heteroatoms. The van der Waals surface area contributed by atoms with Crippen molar-refractivity contribution in [2.45, 2.75) is 44.2 Å². The fourth-order valence-corrected chi connectivity index (χ4v) is 1.30. The highest BCUT2D eigenvalue weighted by molar-refractivity contribution is 5.81. The standard InChI is InChI=1S/C12H21NO6/c1-2-3-4-5-6-13-12(19)11(18)10(17)9(16)8(15)7-14/h8-11,14-18H,4-7H2,1H3,(H,13,19). The first-order valence-electron chi connectivity index (χ1n) is 5.96. The summed E-state index contributed by atoms with van der Waals surface area (Å²) in [5, 5.41) is 48.3. The van der Waals surface area contributed by atoms with Gasteiger partial charge in [-0.15, -0.1) is 11.8 Å². The molecule has 0 heterocycles. The number of amides is 1. The van der Waals surface area contributed by atoms with E-state index in [-0.39, 0.29) is 6.54 Å². The van der Waals surface area contributed by atoms with E-state index in [4.69, 9.17) is 10.2 Å². The lowest BCUT2D eigenvalue weighted by Gasteiger charge is -2.24. The topological polar surface area (TPSA) is 130 Å². The summed E-state index contributed by atoms with van der Waals surface area (Å²) < 4.78 is 0. The zero-order valence-electron chi connectivity index (χ0n) is 10.8. The summed E-state index contributed by atoms with van der Waals surface area (Å²) in [5.74, 6) is 4.63. The van der Waals surface area contributed by atoms with Crippen LogP contribution in [-0.2, 0) is 4.79 Å². The normalized spacial score (nSPS) is 16.7. The zero-order chi connectivity index (χ0) is 14.8. The highest BCUT2D eigenvalue weighted by Crippen LogP contribution is 2.05. The van der Waals surface area contributed by atoms with Gasteiger partial charge in [0.1, 0.15) is 18.3 Å². The summed E-state index contributed by atoms with van der Waals surface area (Å²) in [6.45, 7) is 1.19. The number of nitrogens with one attached hydrogen (secondary N) is 1. The molecule has 1 amide bonds. The van der Waals surface area contributed by atoms with Crippen LogP contribution in [0.1, 0.15) is 19.8 Å². The van der Waals surface area contributed by atoms with Gasteiger partial charge in [0.25, 0.3) is 5.91 Å². The highest BCUT2D eigenvalue weighted by atomic mass is 16.4. The Hall–Kier alpha value is -1.17. The van der Waals surface area contributed by atoms with Crippen molar-refractivity contribution < 1.29 is 30.3 Å². The SMILES string of the molecule is CC#CCCCNC(=O)C(O)C(O)C(O)C(O)CO.